The van der Waals surface area contributed by atoms with Crippen molar-refractivity contribution in [3.05, 3.63) is 42.6 Å². The van der Waals surface area contributed by atoms with Crippen LogP contribution in [0.5, 0.6) is 5.75 Å². The Bertz CT molecular complexity index is 816. The van der Waals surface area contributed by atoms with Crippen molar-refractivity contribution in [2.75, 3.05) is 5.73 Å². The first kappa shape index (κ1) is 13.0. The monoisotopic (exact) mass is 280 g/mol. The summed E-state index contributed by atoms with van der Waals surface area (Å²) in [6.07, 6.45) is 1.67. The number of esters is 1. The first-order valence-electron chi connectivity index (χ1n) is 6.30. The number of carbonyl (C=O) groups excluding carboxylic acids is 1. The predicted octanol–water partition coefficient (Wildman–Crippen LogP) is 2.20. The second kappa shape index (κ2) is 5.16. The zero-order chi connectivity index (χ0) is 14.8. The number of nitrogens with two attached hydrogens (primary N) is 1. The highest BCUT2D eigenvalue weighted by Crippen LogP contribution is 2.22. The molecule has 3 rings (SSSR count). The first-order valence-corrected chi connectivity index (χ1v) is 6.30. The maximum absolute atomic E-state index is 10.9. The number of aromatic nitrogens is 3. The minimum absolute atomic E-state index is 0.354. The van der Waals surface area contributed by atoms with Crippen molar-refractivity contribution >= 4 is 23.0 Å². The normalized spacial score (nSPS) is 10.5. The van der Waals surface area contributed by atoms with Gasteiger partial charge in [-0.1, -0.05) is 0 Å². The van der Waals surface area contributed by atoms with Crippen LogP contribution in [-0.4, -0.2) is 20.9 Å². The molecule has 0 aliphatic carbocycles. The smallest absolute Gasteiger partial charge is 0.308 e. The Morgan fingerprint density at radius 1 is 1.10 bits per heavy atom. The number of nitrogens with zero attached hydrogens (tertiary/aromatic N) is 3. The summed E-state index contributed by atoms with van der Waals surface area (Å²) in [4.78, 5) is 23.8. The summed E-state index contributed by atoms with van der Waals surface area (Å²) < 4.78 is 4.99. The molecule has 6 heteroatoms. The SMILES string of the molecule is CC(=O)Oc1ccc(-c2cnc3ccc(N)nc3n2)cc1. The van der Waals surface area contributed by atoms with E-state index in [1.165, 1.54) is 6.92 Å². The molecule has 0 radical (unpaired) electrons. The van der Waals surface area contributed by atoms with Gasteiger partial charge >= 0.3 is 5.97 Å². The molecule has 0 spiro atoms. The lowest BCUT2D eigenvalue weighted by molar-refractivity contribution is -0.131. The largest absolute Gasteiger partial charge is 0.427 e. The Hall–Kier alpha value is -3.02. The zero-order valence-corrected chi connectivity index (χ0v) is 11.3. The zero-order valence-electron chi connectivity index (χ0n) is 11.3. The molecule has 3 aromatic rings. The number of nitrogen functional groups attached to an aromatic ring is 1. The van der Waals surface area contributed by atoms with Gasteiger partial charge in [-0.2, -0.15) is 0 Å². The van der Waals surface area contributed by atoms with Gasteiger partial charge < -0.3 is 10.5 Å². The average molecular weight is 280 g/mol. The molecule has 0 aliphatic rings. The van der Waals surface area contributed by atoms with E-state index in [-0.39, 0.29) is 5.97 Å². The molecule has 0 unspecified atom stereocenters. The van der Waals surface area contributed by atoms with Crippen LogP contribution in [0.3, 0.4) is 0 Å². The number of fused-ring (bicyclic) bond motifs is 1. The Balaban J connectivity index is 1.97. The van der Waals surface area contributed by atoms with E-state index in [4.69, 9.17) is 10.5 Å². The fourth-order valence-electron chi connectivity index (χ4n) is 1.91. The highest BCUT2D eigenvalue weighted by Gasteiger charge is 2.05. The van der Waals surface area contributed by atoms with Crippen LogP contribution in [0, 0.1) is 0 Å². The van der Waals surface area contributed by atoms with E-state index in [9.17, 15) is 4.79 Å². The van der Waals surface area contributed by atoms with E-state index in [1.54, 1.807) is 42.6 Å². The molecule has 1 aromatic carbocycles. The summed E-state index contributed by atoms with van der Waals surface area (Å²) in [6.45, 7) is 1.36. The molecule has 6 nitrogen and oxygen atoms in total. The topological polar surface area (TPSA) is 91.0 Å². The van der Waals surface area contributed by atoms with Gasteiger partial charge in [-0.15, -0.1) is 0 Å². The summed E-state index contributed by atoms with van der Waals surface area (Å²) in [5.74, 6) is 0.537. The third-order valence-corrected chi connectivity index (χ3v) is 2.84. The molecule has 0 saturated heterocycles. The summed E-state index contributed by atoms with van der Waals surface area (Å²) in [6, 6.07) is 10.5. The standard InChI is InChI=1S/C15H12N4O2/c1-9(20)21-11-4-2-10(3-5-11)13-8-17-12-6-7-14(16)19-15(12)18-13/h2-8H,1H3,(H2,16,18,19). The van der Waals surface area contributed by atoms with Gasteiger partial charge in [0, 0.05) is 12.5 Å². The molecule has 0 bridgehead atoms. The number of carbonyl (C=O) groups is 1. The van der Waals surface area contributed by atoms with Crippen LogP contribution in [0.4, 0.5) is 5.82 Å². The van der Waals surface area contributed by atoms with Gasteiger partial charge in [-0.05, 0) is 36.4 Å². The number of hydrogen-bond donors (Lipinski definition) is 1. The minimum atomic E-state index is -0.354. The van der Waals surface area contributed by atoms with Crippen molar-refractivity contribution in [3.8, 4) is 17.0 Å². The van der Waals surface area contributed by atoms with Crippen molar-refractivity contribution < 1.29 is 9.53 Å². The van der Waals surface area contributed by atoms with E-state index < -0.39 is 0 Å². The van der Waals surface area contributed by atoms with E-state index in [2.05, 4.69) is 15.0 Å². The molecule has 21 heavy (non-hydrogen) atoms. The number of hydrogen-bond acceptors (Lipinski definition) is 6. The molecule has 2 aromatic heterocycles. The number of benzene rings is 1. The van der Waals surface area contributed by atoms with Gasteiger partial charge in [0.05, 0.1) is 11.9 Å². The molecule has 104 valence electrons. The number of pyridine rings is 1. The maximum atomic E-state index is 10.9. The van der Waals surface area contributed by atoms with Crippen LogP contribution in [0.1, 0.15) is 6.92 Å². The Labute approximate surface area is 120 Å². The quantitative estimate of drug-likeness (QED) is 0.571. The second-order valence-electron chi connectivity index (χ2n) is 4.45. The van der Waals surface area contributed by atoms with Crippen LogP contribution in [0.25, 0.3) is 22.4 Å². The van der Waals surface area contributed by atoms with E-state index >= 15 is 0 Å². The molecular weight excluding hydrogens is 268 g/mol. The highest BCUT2D eigenvalue weighted by molar-refractivity contribution is 5.75. The summed E-state index contributed by atoms with van der Waals surface area (Å²) in [5, 5.41) is 0. The molecular formula is C15H12N4O2. The van der Waals surface area contributed by atoms with E-state index in [0.29, 0.717) is 28.4 Å². The predicted molar refractivity (Wildman–Crippen MR) is 78.5 cm³/mol. The average Bonchev–Trinajstić information content (AvgIpc) is 2.46. The third-order valence-electron chi connectivity index (χ3n) is 2.84. The lowest BCUT2D eigenvalue weighted by Crippen LogP contribution is -2.01. The number of rotatable bonds is 2. The third kappa shape index (κ3) is 2.79. The molecule has 0 fully saturated rings. The number of ether oxygens (including phenoxy) is 1. The summed E-state index contributed by atoms with van der Waals surface area (Å²) in [5.41, 5.74) is 8.36. The van der Waals surface area contributed by atoms with Crippen molar-refractivity contribution in [1.29, 1.82) is 0 Å². The van der Waals surface area contributed by atoms with E-state index in [1.807, 2.05) is 0 Å². The van der Waals surface area contributed by atoms with Crippen LogP contribution >= 0.6 is 0 Å². The van der Waals surface area contributed by atoms with Crippen LogP contribution in [-0.2, 0) is 4.79 Å². The Kier molecular flexibility index (Phi) is 3.19. The fourth-order valence-corrected chi connectivity index (χ4v) is 1.91. The highest BCUT2D eigenvalue weighted by atomic mass is 16.5. The molecule has 2 heterocycles. The Morgan fingerprint density at radius 2 is 1.86 bits per heavy atom. The maximum Gasteiger partial charge on any atom is 0.308 e. The summed E-state index contributed by atoms with van der Waals surface area (Å²) >= 11 is 0. The molecule has 0 aliphatic heterocycles. The first-order chi connectivity index (χ1) is 10.1. The van der Waals surface area contributed by atoms with Gasteiger partial charge in [0.1, 0.15) is 17.1 Å². The lowest BCUT2D eigenvalue weighted by Gasteiger charge is -2.04. The van der Waals surface area contributed by atoms with Crippen molar-refractivity contribution in [1.82, 2.24) is 15.0 Å². The van der Waals surface area contributed by atoms with Gasteiger partial charge in [0.15, 0.2) is 5.65 Å². The van der Waals surface area contributed by atoms with Crippen molar-refractivity contribution in [2.24, 2.45) is 0 Å². The molecule has 2 N–H and O–H groups in total. The van der Waals surface area contributed by atoms with Gasteiger partial charge in [0.25, 0.3) is 0 Å². The van der Waals surface area contributed by atoms with Gasteiger partial charge in [-0.25, -0.2) is 9.97 Å². The molecule has 0 atom stereocenters. The number of anilines is 1. The molecule has 0 saturated carbocycles. The van der Waals surface area contributed by atoms with Crippen molar-refractivity contribution in [2.45, 2.75) is 6.92 Å². The van der Waals surface area contributed by atoms with Crippen LogP contribution < -0.4 is 10.5 Å². The summed E-state index contributed by atoms with van der Waals surface area (Å²) in [7, 11) is 0. The minimum Gasteiger partial charge on any atom is -0.427 e. The van der Waals surface area contributed by atoms with Crippen LogP contribution in [0.2, 0.25) is 0 Å². The molecule has 0 amide bonds. The fraction of sp³-hybridized carbons (Fsp3) is 0.0667. The Morgan fingerprint density at radius 3 is 2.57 bits per heavy atom. The lowest BCUT2D eigenvalue weighted by atomic mass is 10.1. The van der Waals surface area contributed by atoms with Gasteiger partial charge in [-0.3, -0.25) is 9.78 Å². The van der Waals surface area contributed by atoms with Crippen LogP contribution in [0.15, 0.2) is 42.6 Å². The second-order valence-corrected chi connectivity index (χ2v) is 4.45. The van der Waals surface area contributed by atoms with Crippen molar-refractivity contribution in [3.63, 3.8) is 0 Å². The van der Waals surface area contributed by atoms with Gasteiger partial charge in [0.2, 0.25) is 0 Å². The van der Waals surface area contributed by atoms with E-state index in [0.717, 1.165) is 5.56 Å².